The van der Waals surface area contributed by atoms with Gasteiger partial charge in [0.15, 0.2) is 0 Å². The zero-order chi connectivity index (χ0) is 14.5. The molecule has 1 aliphatic carbocycles. The van der Waals surface area contributed by atoms with Crippen LogP contribution in [0.5, 0.6) is 5.75 Å². The van der Waals surface area contributed by atoms with E-state index in [1.165, 1.54) is 11.1 Å². The zero-order valence-electron chi connectivity index (χ0n) is 12.9. The highest BCUT2D eigenvalue weighted by Gasteiger charge is 2.26. The van der Waals surface area contributed by atoms with E-state index in [9.17, 15) is 5.11 Å². The van der Waals surface area contributed by atoms with Crippen LogP contribution in [0.4, 0.5) is 0 Å². The molecule has 112 valence electrons. The molecule has 0 aliphatic heterocycles. The van der Waals surface area contributed by atoms with Crippen LogP contribution in [0.25, 0.3) is 0 Å². The summed E-state index contributed by atoms with van der Waals surface area (Å²) in [5.41, 5.74) is 2.37. The van der Waals surface area contributed by atoms with Crippen molar-refractivity contribution in [1.82, 2.24) is 5.32 Å². The van der Waals surface area contributed by atoms with Crippen LogP contribution >= 0.6 is 0 Å². The molecular weight excluding hydrogens is 250 g/mol. The van der Waals surface area contributed by atoms with Gasteiger partial charge in [0.2, 0.25) is 0 Å². The van der Waals surface area contributed by atoms with Gasteiger partial charge in [-0.15, -0.1) is 0 Å². The Morgan fingerprint density at radius 2 is 2.10 bits per heavy atom. The first-order valence-corrected chi connectivity index (χ1v) is 7.80. The highest BCUT2D eigenvalue weighted by molar-refractivity contribution is 5.39. The van der Waals surface area contributed by atoms with Crippen LogP contribution in [0, 0.1) is 6.92 Å². The van der Waals surface area contributed by atoms with Crippen LogP contribution in [0.15, 0.2) is 18.2 Å². The molecule has 0 aromatic heterocycles. The number of hydrogen-bond acceptors (Lipinski definition) is 3. The second kappa shape index (κ2) is 7.09. The molecule has 1 aromatic rings. The Kier molecular flexibility index (Phi) is 5.44. The van der Waals surface area contributed by atoms with Gasteiger partial charge in [-0.2, -0.15) is 0 Å². The number of aliphatic hydroxyl groups excluding tert-OH is 1. The second-order valence-electron chi connectivity index (χ2n) is 5.83. The van der Waals surface area contributed by atoms with Crippen molar-refractivity contribution in [2.75, 3.05) is 6.54 Å². The molecule has 3 atom stereocenters. The maximum Gasteiger partial charge on any atom is 0.124 e. The number of nitrogens with one attached hydrogen (secondary N) is 1. The fourth-order valence-corrected chi connectivity index (χ4v) is 2.90. The number of rotatable bonds is 5. The number of hydrogen-bond donors (Lipinski definition) is 2. The average Bonchev–Trinajstić information content (AvgIpc) is 2.42. The minimum absolute atomic E-state index is 0.0573. The van der Waals surface area contributed by atoms with E-state index in [1.54, 1.807) is 0 Å². The van der Waals surface area contributed by atoms with Gasteiger partial charge >= 0.3 is 0 Å². The Morgan fingerprint density at radius 3 is 2.80 bits per heavy atom. The summed E-state index contributed by atoms with van der Waals surface area (Å²) >= 11 is 0. The SMILES string of the molecule is CCNC(C)c1ccc(C)cc1OC1CCCCC1O. The highest BCUT2D eigenvalue weighted by Crippen LogP contribution is 2.30. The minimum atomic E-state index is -0.327. The first-order chi connectivity index (χ1) is 9.61. The Labute approximate surface area is 122 Å². The summed E-state index contributed by atoms with van der Waals surface area (Å²) in [5, 5.41) is 13.5. The monoisotopic (exact) mass is 277 g/mol. The lowest BCUT2D eigenvalue weighted by atomic mass is 9.94. The van der Waals surface area contributed by atoms with E-state index in [-0.39, 0.29) is 18.2 Å². The Morgan fingerprint density at radius 1 is 1.35 bits per heavy atom. The predicted octanol–water partition coefficient (Wildman–Crippen LogP) is 3.35. The molecule has 3 nitrogen and oxygen atoms in total. The summed E-state index contributed by atoms with van der Waals surface area (Å²) in [5.74, 6) is 0.921. The van der Waals surface area contributed by atoms with E-state index < -0.39 is 0 Å². The standard InChI is InChI=1S/C17H27NO2/c1-4-18-13(3)14-10-9-12(2)11-17(14)20-16-8-6-5-7-15(16)19/h9-11,13,15-16,18-19H,4-8H2,1-3H3. The number of benzene rings is 1. The molecular formula is C17H27NO2. The Bertz CT molecular complexity index is 433. The fraction of sp³-hybridized carbons (Fsp3) is 0.647. The molecule has 0 bridgehead atoms. The average molecular weight is 277 g/mol. The molecule has 1 saturated carbocycles. The van der Waals surface area contributed by atoms with Crippen molar-refractivity contribution in [2.24, 2.45) is 0 Å². The lowest BCUT2D eigenvalue weighted by molar-refractivity contribution is 0.00616. The summed E-state index contributed by atoms with van der Waals surface area (Å²) in [4.78, 5) is 0. The van der Waals surface area contributed by atoms with Gasteiger partial charge in [-0.3, -0.25) is 0 Å². The van der Waals surface area contributed by atoms with E-state index in [0.29, 0.717) is 0 Å². The summed E-state index contributed by atoms with van der Waals surface area (Å²) < 4.78 is 6.16. The fourth-order valence-electron chi connectivity index (χ4n) is 2.90. The third-order valence-corrected chi connectivity index (χ3v) is 4.09. The molecule has 0 saturated heterocycles. The second-order valence-corrected chi connectivity index (χ2v) is 5.83. The van der Waals surface area contributed by atoms with Gasteiger partial charge in [-0.25, -0.2) is 0 Å². The van der Waals surface area contributed by atoms with Crippen molar-refractivity contribution in [3.63, 3.8) is 0 Å². The third-order valence-electron chi connectivity index (χ3n) is 4.09. The van der Waals surface area contributed by atoms with Crippen LogP contribution < -0.4 is 10.1 Å². The molecule has 1 fully saturated rings. The molecule has 1 aromatic carbocycles. The number of ether oxygens (including phenoxy) is 1. The zero-order valence-corrected chi connectivity index (χ0v) is 12.9. The minimum Gasteiger partial charge on any atom is -0.487 e. The summed E-state index contributed by atoms with van der Waals surface area (Å²) in [7, 11) is 0. The first kappa shape index (κ1) is 15.3. The van der Waals surface area contributed by atoms with Crippen molar-refractivity contribution in [2.45, 2.75) is 64.7 Å². The van der Waals surface area contributed by atoms with Gasteiger partial charge in [-0.1, -0.05) is 25.5 Å². The quantitative estimate of drug-likeness (QED) is 0.867. The van der Waals surface area contributed by atoms with Gasteiger partial charge in [-0.05, 0) is 51.3 Å². The maximum absolute atomic E-state index is 10.1. The highest BCUT2D eigenvalue weighted by atomic mass is 16.5. The normalized spacial score (nSPS) is 24.4. The molecule has 0 heterocycles. The first-order valence-electron chi connectivity index (χ1n) is 7.80. The van der Waals surface area contributed by atoms with Crippen LogP contribution in [-0.2, 0) is 0 Å². The van der Waals surface area contributed by atoms with E-state index in [2.05, 4.69) is 44.3 Å². The number of aliphatic hydroxyl groups is 1. The lowest BCUT2D eigenvalue weighted by Crippen LogP contribution is -2.35. The van der Waals surface area contributed by atoms with Crippen molar-refractivity contribution >= 4 is 0 Å². The van der Waals surface area contributed by atoms with Crippen LogP contribution in [0.2, 0.25) is 0 Å². The molecule has 0 amide bonds. The van der Waals surface area contributed by atoms with Gasteiger partial charge in [0.05, 0.1) is 6.10 Å². The topological polar surface area (TPSA) is 41.5 Å². The molecule has 0 spiro atoms. The predicted molar refractivity (Wildman–Crippen MR) is 82.2 cm³/mol. The van der Waals surface area contributed by atoms with Gasteiger partial charge < -0.3 is 15.2 Å². The van der Waals surface area contributed by atoms with Gasteiger partial charge in [0.25, 0.3) is 0 Å². The molecule has 2 rings (SSSR count). The van der Waals surface area contributed by atoms with E-state index in [1.807, 2.05) is 0 Å². The van der Waals surface area contributed by atoms with Crippen molar-refractivity contribution in [3.8, 4) is 5.75 Å². The molecule has 2 N–H and O–H groups in total. The largest absolute Gasteiger partial charge is 0.487 e. The van der Waals surface area contributed by atoms with E-state index >= 15 is 0 Å². The Balaban J connectivity index is 2.18. The maximum atomic E-state index is 10.1. The van der Waals surface area contributed by atoms with E-state index in [4.69, 9.17) is 4.74 Å². The summed E-state index contributed by atoms with van der Waals surface area (Å²) in [6.07, 6.45) is 3.67. The molecule has 3 unspecified atom stereocenters. The molecule has 0 radical (unpaired) electrons. The molecule has 1 aliphatic rings. The van der Waals surface area contributed by atoms with Gasteiger partial charge in [0.1, 0.15) is 11.9 Å². The van der Waals surface area contributed by atoms with Crippen molar-refractivity contribution in [3.05, 3.63) is 29.3 Å². The molecule has 3 heteroatoms. The summed E-state index contributed by atoms with van der Waals surface area (Å²) in [6, 6.07) is 6.60. The van der Waals surface area contributed by atoms with E-state index in [0.717, 1.165) is 38.0 Å². The summed E-state index contributed by atoms with van der Waals surface area (Å²) in [6.45, 7) is 7.26. The lowest BCUT2D eigenvalue weighted by Gasteiger charge is -2.30. The van der Waals surface area contributed by atoms with Crippen LogP contribution in [0.3, 0.4) is 0 Å². The van der Waals surface area contributed by atoms with Crippen molar-refractivity contribution < 1.29 is 9.84 Å². The van der Waals surface area contributed by atoms with Crippen LogP contribution in [0.1, 0.15) is 56.7 Å². The smallest absolute Gasteiger partial charge is 0.124 e. The third kappa shape index (κ3) is 3.74. The molecule has 20 heavy (non-hydrogen) atoms. The number of aryl methyl sites for hydroxylation is 1. The van der Waals surface area contributed by atoms with Crippen LogP contribution in [-0.4, -0.2) is 23.9 Å². The van der Waals surface area contributed by atoms with Crippen molar-refractivity contribution in [1.29, 1.82) is 0 Å². The van der Waals surface area contributed by atoms with Gasteiger partial charge in [0, 0.05) is 11.6 Å². The Hall–Kier alpha value is -1.06.